The van der Waals surface area contributed by atoms with Gasteiger partial charge in [0, 0.05) is 62.6 Å². The predicted octanol–water partition coefficient (Wildman–Crippen LogP) is 3.18. The number of aromatic nitrogens is 4. The van der Waals surface area contributed by atoms with E-state index in [0.29, 0.717) is 29.4 Å². The number of hydrogen-bond donors (Lipinski definition) is 2. The molecule has 2 N–H and O–H groups in total. The zero-order valence-electron chi connectivity index (χ0n) is 19.3. The Morgan fingerprint density at radius 3 is 2.55 bits per heavy atom. The highest BCUT2D eigenvalue weighted by Gasteiger charge is 2.37. The van der Waals surface area contributed by atoms with Gasteiger partial charge in [0.1, 0.15) is 5.75 Å². The molecule has 2 atom stereocenters. The first-order chi connectivity index (χ1) is 16.0. The Bertz CT molecular complexity index is 1160. The van der Waals surface area contributed by atoms with Crippen molar-refractivity contribution >= 4 is 11.5 Å². The summed E-state index contributed by atoms with van der Waals surface area (Å²) in [5.74, 6) is 1.18. The molecule has 2 unspecified atom stereocenters. The summed E-state index contributed by atoms with van der Waals surface area (Å²) in [5, 5.41) is 28.1. The lowest BCUT2D eigenvalue weighted by Crippen LogP contribution is -2.57. The van der Waals surface area contributed by atoms with Crippen molar-refractivity contribution in [1.29, 1.82) is 0 Å². The molecule has 6 rings (SSSR count). The Hall–Kier alpha value is -3.13. The minimum atomic E-state index is 0.201. The zero-order chi connectivity index (χ0) is 22.5. The molecule has 5 heterocycles. The normalized spacial score (nSPS) is 24.6. The number of aromatic hydroxyl groups is 1. The molecule has 172 valence electrons. The fourth-order valence-corrected chi connectivity index (χ4v) is 5.82. The molecule has 2 bridgehead atoms. The number of likely N-dealkylation sites (N-methyl/N-ethyl adjacent to an activating group) is 1. The molecule has 0 radical (unpaired) electrons. The van der Waals surface area contributed by atoms with E-state index < -0.39 is 0 Å². The number of anilines is 2. The highest BCUT2D eigenvalue weighted by Crippen LogP contribution is 2.39. The van der Waals surface area contributed by atoms with Gasteiger partial charge in [-0.05, 0) is 49.4 Å². The number of aryl methyl sites for hydroxylation is 1. The molecule has 3 aliphatic rings. The van der Waals surface area contributed by atoms with Gasteiger partial charge in [-0.15, -0.1) is 10.2 Å². The van der Waals surface area contributed by atoms with Crippen LogP contribution in [0.15, 0.2) is 36.7 Å². The van der Waals surface area contributed by atoms with Gasteiger partial charge in [-0.2, -0.15) is 5.10 Å². The summed E-state index contributed by atoms with van der Waals surface area (Å²) in [5.41, 5.74) is 4.37. The molecular formula is C25H31N7O. The quantitative estimate of drug-likeness (QED) is 0.641. The highest BCUT2D eigenvalue weighted by atomic mass is 16.3. The molecule has 8 heteroatoms. The van der Waals surface area contributed by atoms with Crippen molar-refractivity contribution in [3.05, 3.63) is 36.7 Å². The molecule has 0 spiro atoms. The summed E-state index contributed by atoms with van der Waals surface area (Å²) in [6.07, 6.45) is 10.0. The van der Waals surface area contributed by atoms with Gasteiger partial charge in [0.15, 0.2) is 5.82 Å². The van der Waals surface area contributed by atoms with Crippen LogP contribution in [0.3, 0.4) is 0 Å². The zero-order valence-corrected chi connectivity index (χ0v) is 19.3. The van der Waals surface area contributed by atoms with Gasteiger partial charge in [0.2, 0.25) is 0 Å². The average Bonchev–Trinajstić information content (AvgIpc) is 3.25. The van der Waals surface area contributed by atoms with Gasteiger partial charge < -0.3 is 20.2 Å². The van der Waals surface area contributed by atoms with Crippen LogP contribution in [0.2, 0.25) is 0 Å². The highest BCUT2D eigenvalue weighted by molar-refractivity contribution is 5.79. The number of phenolic OH excluding ortho intramolecular Hbond substituents is 1. The van der Waals surface area contributed by atoms with Crippen molar-refractivity contribution in [3.8, 4) is 28.1 Å². The lowest BCUT2D eigenvalue weighted by Gasteiger charge is -2.47. The number of fused-ring (bicyclic) bond motifs is 3. The first-order valence-electron chi connectivity index (χ1n) is 12.0. The Labute approximate surface area is 194 Å². The molecule has 8 nitrogen and oxygen atoms in total. The SMILES string of the molecule is CN1CCN(C2CC3CCCC(C2)N3)c2nnc(-c3ccc(-c4cnn(C)c4)cc3O)cc21. The van der Waals surface area contributed by atoms with E-state index in [9.17, 15) is 5.11 Å². The molecule has 33 heavy (non-hydrogen) atoms. The van der Waals surface area contributed by atoms with Gasteiger partial charge in [0.25, 0.3) is 0 Å². The van der Waals surface area contributed by atoms with E-state index >= 15 is 0 Å². The molecule has 3 aliphatic heterocycles. The van der Waals surface area contributed by atoms with E-state index in [2.05, 4.69) is 38.4 Å². The maximum atomic E-state index is 10.8. The Balaban J connectivity index is 1.31. The van der Waals surface area contributed by atoms with E-state index in [-0.39, 0.29) is 5.75 Å². The summed E-state index contributed by atoms with van der Waals surface area (Å²) >= 11 is 0. The number of nitrogens with zero attached hydrogens (tertiary/aromatic N) is 6. The molecule has 3 aromatic rings. The second kappa shape index (κ2) is 8.02. The molecule has 0 aliphatic carbocycles. The van der Waals surface area contributed by atoms with Crippen LogP contribution in [0.1, 0.15) is 32.1 Å². The van der Waals surface area contributed by atoms with Crippen LogP contribution in [0.5, 0.6) is 5.75 Å². The van der Waals surface area contributed by atoms with Crippen molar-refractivity contribution in [2.75, 3.05) is 29.9 Å². The van der Waals surface area contributed by atoms with E-state index in [1.54, 1.807) is 16.9 Å². The van der Waals surface area contributed by atoms with Crippen molar-refractivity contribution in [1.82, 2.24) is 25.3 Å². The van der Waals surface area contributed by atoms with Crippen LogP contribution < -0.4 is 15.1 Å². The second-order valence-electron chi connectivity index (χ2n) is 9.80. The second-order valence-corrected chi connectivity index (χ2v) is 9.80. The topological polar surface area (TPSA) is 82.3 Å². The third-order valence-corrected chi connectivity index (χ3v) is 7.56. The predicted molar refractivity (Wildman–Crippen MR) is 130 cm³/mol. The maximum absolute atomic E-state index is 10.8. The summed E-state index contributed by atoms with van der Waals surface area (Å²) in [4.78, 5) is 4.75. The van der Waals surface area contributed by atoms with Gasteiger partial charge in [0.05, 0.1) is 17.6 Å². The molecule has 0 saturated carbocycles. The van der Waals surface area contributed by atoms with Gasteiger partial charge in [-0.1, -0.05) is 12.5 Å². The van der Waals surface area contributed by atoms with Gasteiger partial charge in [-0.3, -0.25) is 4.68 Å². The number of piperidine rings is 2. The van der Waals surface area contributed by atoms with Crippen LogP contribution in [-0.4, -0.2) is 63.3 Å². The first kappa shape index (κ1) is 20.5. The van der Waals surface area contributed by atoms with Crippen molar-refractivity contribution < 1.29 is 5.11 Å². The minimum absolute atomic E-state index is 0.201. The number of benzene rings is 1. The Morgan fingerprint density at radius 2 is 1.82 bits per heavy atom. The van der Waals surface area contributed by atoms with E-state index in [1.807, 2.05) is 25.4 Å². The standard InChI is InChI=1S/C25H31N7O/c1-30-8-9-32(20-11-18-4-3-5-19(12-20)27-18)25-23(30)13-22(28-29-25)21-7-6-16(10-24(21)33)17-14-26-31(2)15-17/h6-7,10,13-15,18-20,27,33H,3-5,8-9,11-12H2,1-2H3. The minimum Gasteiger partial charge on any atom is -0.507 e. The average molecular weight is 446 g/mol. The summed E-state index contributed by atoms with van der Waals surface area (Å²) in [6.45, 7) is 1.94. The number of nitrogens with one attached hydrogen (secondary N) is 1. The third-order valence-electron chi connectivity index (χ3n) is 7.56. The molecule has 2 aromatic heterocycles. The molecule has 2 fully saturated rings. The lowest BCUT2D eigenvalue weighted by atomic mass is 9.83. The fraction of sp³-hybridized carbons (Fsp3) is 0.480. The number of phenols is 1. The van der Waals surface area contributed by atoms with E-state index in [0.717, 1.165) is 35.7 Å². The van der Waals surface area contributed by atoms with Crippen LogP contribution in [0, 0.1) is 0 Å². The Kier molecular flexibility index (Phi) is 4.98. The molecule has 0 amide bonds. The number of hydrogen-bond acceptors (Lipinski definition) is 7. The van der Waals surface area contributed by atoms with Crippen LogP contribution in [0.4, 0.5) is 11.5 Å². The van der Waals surface area contributed by atoms with E-state index in [4.69, 9.17) is 5.10 Å². The third kappa shape index (κ3) is 3.72. The largest absolute Gasteiger partial charge is 0.507 e. The Morgan fingerprint density at radius 1 is 1.00 bits per heavy atom. The van der Waals surface area contributed by atoms with Gasteiger partial charge in [-0.25, -0.2) is 0 Å². The summed E-state index contributed by atoms with van der Waals surface area (Å²) < 4.78 is 1.76. The van der Waals surface area contributed by atoms with Gasteiger partial charge >= 0.3 is 0 Å². The van der Waals surface area contributed by atoms with Crippen LogP contribution in [-0.2, 0) is 7.05 Å². The van der Waals surface area contributed by atoms with Crippen LogP contribution in [0.25, 0.3) is 22.4 Å². The lowest BCUT2D eigenvalue weighted by molar-refractivity contribution is 0.216. The van der Waals surface area contributed by atoms with Crippen LogP contribution >= 0.6 is 0 Å². The number of rotatable bonds is 3. The molecular weight excluding hydrogens is 414 g/mol. The maximum Gasteiger partial charge on any atom is 0.175 e. The fourth-order valence-electron chi connectivity index (χ4n) is 5.82. The van der Waals surface area contributed by atoms with Crippen molar-refractivity contribution in [2.24, 2.45) is 7.05 Å². The molecule has 2 saturated heterocycles. The van der Waals surface area contributed by atoms with E-state index in [1.165, 1.54) is 32.1 Å². The smallest absolute Gasteiger partial charge is 0.175 e. The first-order valence-corrected chi connectivity index (χ1v) is 12.0. The molecule has 1 aromatic carbocycles. The van der Waals surface area contributed by atoms with Crippen molar-refractivity contribution in [3.63, 3.8) is 0 Å². The summed E-state index contributed by atoms with van der Waals surface area (Å²) in [7, 11) is 4.00. The summed E-state index contributed by atoms with van der Waals surface area (Å²) in [6, 6.07) is 9.55. The van der Waals surface area contributed by atoms with Crippen molar-refractivity contribution in [2.45, 2.75) is 50.2 Å². The monoisotopic (exact) mass is 445 g/mol.